The zero-order chi connectivity index (χ0) is 11.8. The summed E-state index contributed by atoms with van der Waals surface area (Å²) in [6.07, 6.45) is 1.41. The molecule has 0 spiro atoms. The summed E-state index contributed by atoms with van der Waals surface area (Å²) >= 11 is 0. The van der Waals surface area contributed by atoms with Crippen molar-refractivity contribution in [3.63, 3.8) is 0 Å². The van der Waals surface area contributed by atoms with Gasteiger partial charge in [-0.15, -0.1) is 6.58 Å². The Hall–Kier alpha value is -0.910. The monoisotopic (exact) mass is 229 g/mol. The molecule has 1 rings (SSSR count). The summed E-state index contributed by atoms with van der Waals surface area (Å²) in [6.45, 7) is 6.61. The Labute approximate surface area is 96.0 Å². The molecule has 0 radical (unpaired) electrons. The summed E-state index contributed by atoms with van der Waals surface area (Å²) in [7, 11) is 1.59. The molecule has 0 aromatic heterocycles. The van der Waals surface area contributed by atoms with Crippen molar-refractivity contribution in [2.24, 2.45) is 0 Å². The molecule has 1 atom stereocenters. The van der Waals surface area contributed by atoms with Gasteiger partial charge in [-0.05, 0) is 0 Å². The molecule has 0 bridgehead atoms. The molecule has 5 nitrogen and oxygen atoms in total. The number of carbonyl (C=O) groups is 1. The second-order valence-corrected chi connectivity index (χ2v) is 3.53. The third kappa shape index (κ3) is 4.30. The molecule has 1 fully saturated rings. The molecule has 16 heavy (non-hydrogen) atoms. The molecule has 0 aromatic rings. The van der Waals surface area contributed by atoms with Crippen LogP contribution in [-0.4, -0.2) is 63.5 Å². The van der Waals surface area contributed by atoms with Gasteiger partial charge < -0.3 is 19.1 Å². The summed E-state index contributed by atoms with van der Waals surface area (Å²) in [5, 5.41) is 0. The first-order valence-corrected chi connectivity index (χ1v) is 5.36. The highest BCUT2D eigenvalue weighted by Crippen LogP contribution is 2.00. The predicted molar refractivity (Wildman–Crippen MR) is 59.2 cm³/mol. The molecule has 0 aromatic carbocycles. The topological polar surface area (TPSA) is 48.0 Å². The van der Waals surface area contributed by atoms with Crippen LogP contribution >= 0.6 is 0 Å². The Morgan fingerprint density at radius 3 is 2.81 bits per heavy atom. The van der Waals surface area contributed by atoms with Crippen molar-refractivity contribution in [2.45, 2.75) is 6.10 Å². The van der Waals surface area contributed by atoms with Gasteiger partial charge in [-0.3, -0.25) is 4.79 Å². The highest BCUT2D eigenvalue weighted by atomic mass is 16.5. The lowest BCUT2D eigenvalue weighted by Crippen LogP contribution is -2.43. The average Bonchev–Trinajstić information content (AvgIpc) is 2.35. The Morgan fingerprint density at radius 1 is 1.56 bits per heavy atom. The fourth-order valence-corrected chi connectivity index (χ4v) is 1.43. The molecule has 5 heteroatoms. The van der Waals surface area contributed by atoms with E-state index < -0.39 is 0 Å². The molecule has 0 aliphatic carbocycles. The van der Waals surface area contributed by atoms with Gasteiger partial charge in [0, 0.05) is 20.2 Å². The van der Waals surface area contributed by atoms with E-state index in [1.54, 1.807) is 18.1 Å². The second-order valence-electron chi connectivity index (χ2n) is 3.53. The van der Waals surface area contributed by atoms with Crippen molar-refractivity contribution < 1.29 is 19.0 Å². The molecule has 1 amide bonds. The summed E-state index contributed by atoms with van der Waals surface area (Å²) in [4.78, 5) is 13.4. The van der Waals surface area contributed by atoms with Crippen molar-refractivity contribution in [1.29, 1.82) is 0 Å². The number of amides is 1. The van der Waals surface area contributed by atoms with Gasteiger partial charge in [0.25, 0.3) is 0 Å². The van der Waals surface area contributed by atoms with Gasteiger partial charge in [0.2, 0.25) is 5.91 Å². The van der Waals surface area contributed by atoms with E-state index in [-0.39, 0.29) is 18.6 Å². The van der Waals surface area contributed by atoms with Crippen molar-refractivity contribution in [3.8, 4) is 0 Å². The minimum Gasteiger partial charge on any atom is -0.382 e. The highest BCUT2D eigenvalue weighted by molar-refractivity contribution is 5.77. The summed E-state index contributed by atoms with van der Waals surface area (Å²) < 4.78 is 15.5. The third-order valence-corrected chi connectivity index (χ3v) is 2.38. The van der Waals surface area contributed by atoms with Crippen LogP contribution in [0.4, 0.5) is 0 Å². The maximum absolute atomic E-state index is 11.7. The Kier molecular flexibility index (Phi) is 6.07. The summed E-state index contributed by atoms with van der Waals surface area (Å²) in [6, 6.07) is 0. The van der Waals surface area contributed by atoms with Gasteiger partial charge in [-0.2, -0.15) is 0 Å². The molecular formula is C11H19NO4. The van der Waals surface area contributed by atoms with E-state index in [0.717, 1.165) is 0 Å². The van der Waals surface area contributed by atoms with Gasteiger partial charge in [-0.25, -0.2) is 0 Å². The van der Waals surface area contributed by atoms with E-state index in [9.17, 15) is 4.79 Å². The number of nitrogens with zero attached hydrogens (tertiary/aromatic N) is 1. The van der Waals surface area contributed by atoms with Crippen LogP contribution < -0.4 is 0 Å². The van der Waals surface area contributed by atoms with Crippen LogP contribution in [0.2, 0.25) is 0 Å². The molecular weight excluding hydrogens is 210 g/mol. The van der Waals surface area contributed by atoms with Crippen LogP contribution in [0.25, 0.3) is 0 Å². The van der Waals surface area contributed by atoms with E-state index in [1.165, 1.54) is 0 Å². The molecule has 92 valence electrons. The van der Waals surface area contributed by atoms with Crippen molar-refractivity contribution in [1.82, 2.24) is 4.90 Å². The van der Waals surface area contributed by atoms with Crippen molar-refractivity contribution in [3.05, 3.63) is 12.7 Å². The van der Waals surface area contributed by atoms with Crippen LogP contribution in [0, 0.1) is 0 Å². The summed E-state index contributed by atoms with van der Waals surface area (Å²) in [5.41, 5.74) is 0. The van der Waals surface area contributed by atoms with Crippen LogP contribution in [0.1, 0.15) is 0 Å². The Balaban J connectivity index is 2.24. The molecule has 0 N–H and O–H groups in total. The van der Waals surface area contributed by atoms with E-state index in [0.29, 0.717) is 32.9 Å². The average molecular weight is 229 g/mol. The SMILES string of the molecule is C=C[C@@H](COC)OCC(=O)N1CCOCC1. The second kappa shape index (κ2) is 7.38. The highest BCUT2D eigenvalue weighted by Gasteiger charge is 2.17. The largest absolute Gasteiger partial charge is 0.382 e. The Morgan fingerprint density at radius 2 is 2.25 bits per heavy atom. The Bertz CT molecular complexity index is 226. The fourth-order valence-electron chi connectivity index (χ4n) is 1.43. The van der Waals surface area contributed by atoms with Crippen LogP contribution in [0.5, 0.6) is 0 Å². The fraction of sp³-hybridized carbons (Fsp3) is 0.727. The zero-order valence-corrected chi connectivity index (χ0v) is 9.68. The van der Waals surface area contributed by atoms with E-state index >= 15 is 0 Å². The maximum atomic E-state index is 11.7. The first kappa shape index (κ1) is 13.2. The van der Waals surface area contributed by atoms with Crippen LogP contribution in [0.3, 0.4) is 0 Å². The smallest absolute Gasteiger partial charge is 0.248 e. The first-order valence-electron chi connectivity index (χ1n) is 5.36. The standard InChI is InChI=1S/C11H19NO4/c1-3-10(8-14-2)16-9-11(13)12-4-6-15-7-5-12/h3,10H,1,4-9H2,2H3/t10-/m0/s1. The molecule has 1 aliphatic rings. The number of hydrogen-bond donors (Lipinski definition) is 0. The summed E-state index contributed by atoms with van der Waals surface area (Å²) in [5.74, 6) is -0.00810. The van der Waals surface area contributed by atoms with Gasteiger partial charge >= 0.3 is 0 Å². The molecule has 0 saturated carbocycles. The minimum absolute atomic E-state index is 0.00810. The quantitative estimate of drug-likeness (QED) is 0.604. The van der Waals surface area contributed by atoms with E-state index in [2.05, 4.69) is 6.58 Å². The van der Waals surface area contributed by atoms with Crippen LogP contribution in [-0.2, 0) is 19.0 Å². The predicted octanol–water partition coefficient (Wildman–Crippen LogP) is 0.0628. The van der Waals surface area contributed by atoms with Crippen molar-refractivity contribution in [2.75, 3.05) is 46.6 Å². The molecule has 1 saturated heterocycles. The normalized spacial score (nSPS) is 18.2. The van der Waals surface area contributed by atoms with E-state index in [1.807, 2.05) is 0 Å². The zero-order valence-electron chi connectivity index (χ0n) is 9.68. The van der Waals surface area contributed by atoms with Gasteiger partial charge in [-0.1, -0.05) is 6.08 Å². The molecule has 1 heterocycles. The molecule has 0 unspecified atom stereocenters. The molecule has 1 aliphatic heterocycles. The van der Waals surface area contributed by atoms with E-state index in [4.69, 9.17) is 14.2 Å². The lowest BCUT2D eigenvalue weighted by Gasteiger charge is -2.27. The number of ether oxygens (including phenoxy) is 3. The lowest BCUT2D eigenvalue weighted by atomic mass is 10.3. The van der Waals surface area contributed by atoms with Crippen LogP contribution in [0.15, 0.2) is 12.7 Å². The third-order valence-electron chi connectivity index (χ3n) is 2.38. The number of hydrogen-bond acceptors (Lipinski definition) is 4. The van der Waals surface area contributed by atoms with Gasteiger partial charge in [0.1, 0.15) is 6.61 Å². The number of methoxy groups -OCH3 is 1. The minimum atomic E-state index is -0.227. The van der Waals surface area contributed by atoms with Gasteiger partial charge in [0.05, 0.1) is 25.9 Å². The first-order chi connectivity index (χ1) is 7.77. The van der Waals surface area contributed by atoms with Crippen molar-refractivity contribution >= 4 is 5.91 Å². The maximum Gasteiger partial charge on any atom is 0.248 e. The number of rotatable bonds is 6. The lowest BCUT2D eigenvalue weighted by molar-refractivity contribution is -0.142. The number of morpholine rings is 1. The van der Waals surface area contributed by atoms with Gasteiger partial charge in [0.15, 0.2) is 0 Å². The number of carbonyl (C=O) groups excluding carboxylic acids is 1.